The van der Waals surface area contributed by atoms with Crippen LogP contribution in [0.4, 0.5) is 0 Å². The zero-order chi connectivity index (χ0) is 12.1. The van der Waals surface area contributed by atoms with Crippen molar-refractivity contribution < 1.29 is 14.1 Å². The number of hydrogen-bond acceptors (Lipinski definition) is 4. The number of aliphatic carboxylic acids is 1. The fourth-order valence-corrected chi connectivity index (χ4v) is 2.02. The molecule has 0 amide bonds. The van der Waals surface area contributed by atoms with Gasteiger partial charge in [0.15, 0.2) is 0 Å². The first-order valence-corrected chi connectivity index (χ1v) is 5.88. The molecule has 0 fully saturated rings. The Labute approximate surface area is 116 Å². The van der Waals surface area contributed by atoms with Crippen molar-refractivity contribution >= 4 is 47.4 Å². The second-order valence-corrected chi connectivity index (χ2v) is 5.11. The highest BCUT2D eigenvalue weighted by molar-refractivity contribution is 7.85. The molecule has 0 aliphatic heterocycles. The number of carboxylic acids is 1. The summed E-state index contributed by atoms with van der Waals surface area (Å²) >= 11 is 0. The summed E-state index contributed by atoms with van der Waals surface area (Å²) in [5, 5.41) is 8.70. The molecule has 5 N–H and O–H groups in total. The molecule has 0 radical (unpaired) electrons. The SMILES string of the molecule is CC(N)=NCCS(=O)C[C@](C)(N)C(=O)O.Cl.Cl. The first-order chi connectivity index (χ1) is 6.75. The number of hydrogen-bond donors (Lipinski definition) is 3. The molecule has 17 heavy (non-hydrogen) atoms. The first-order valence-electron chi connectivity index (χ1n) is 4.39. The molecule has 0 aromatic heterocycles. The number of halogens is 2. The van der Waals surface area contributed by atoms with Gasteiger partial charge in [0, 0.05) is 16.6 Å². The van der Waals surface area contributed by atoms with Gasteiger partial charge < -0.3 is 16.6 Å². The van der Waals surface area contributed by atoms with Crippen LogP contribution in [0.1, 0.15) is 13.8 Å². The monoisotopic (exact) mass is 307 g/mol. The van der Waals surface area contributed by atoms with Gasteiger partial charge in [-0.2, -0.15) is 0 Å². The van der Waals surface area contributed by atoms with Gasteiger partial charge in [-0.05, 0) is 13.8 Å². The first kappa shape index (κ1) is 21.9. The summed E-state index contributed by atoms with van der Waals surface area (Å²) in [6.07, 6.45) is 0. The summed E-state index contributed by atoms with van der Waals surface area (Å²) in [6.45, 7) is 3.29. The molecule has 0 saturated carbocycles. The van der Waals surface area contributed by atoms with Gasteiger partial charge >= 0.3 is 5.97 Å². The van der Waals surface area contributed by atoms with Gasteiger partial charge in [-0.1, -0.05) is 0 Å². The molecular weight excluding hydrogens is 289 g/mol. The maximum absolute atomic E-state index is 11.4. The molecule has 0 rings (SSSR count). The lowest BCUT2D eigenvalue weighted by molar-refractivity contribution is -0.141. The van der Waals surface area contributed by atoms with E-state index >= 15 is 0 Å². The van der Waals surface area contributed by atoms with Gasteiger partial charge in [0.1, 0.15) is 5.54 Å². The predicted molar refractivity (Wildman–Crippen MR) is 74.8 cm³/mol. The van der Waals surface area contributed by atoms with Crippen LogP contribution in [-0.4, -0.2) is 44.7 Å². The van der Waals surface area contributed by atoms with E-state index < -0.39 is 22.3 Å². The van der Waals surface area contributed by atoms with Gasteiger partial charge in [-0.3, -0.25) is 14.0 Å². The summed E-state index contributed by atoms with van der Waals surface area (Å²) in [5.41, 5.74) is 9.27. The Balaban J connectivity index is -0.000000980. The minimum absolute atomic E-state index is 0. The molecule has 0 aromatic carbocycles. The Morgan fingerprint density at radius 3 is 2.29 bits per heavy atom. The highest BCUT2D eigenvalue weighted by Gasteiger charge is 2.29. The quantitative estimate of drug-likeness (QED) is 0.462. The fourth-order valence-electron chi connectivity index (χ4n) is 0.792. The molecule has 0 heterocycles. The standard InChI is InChI=1S/C8H17N3O3S.2ClH/c1-6(9)11-3-4-15(14)5-8(2,10)7(12)13;;/h3-5,10H2,1-2H3,(H2,9,11)(H,12,13);2*1H/t8-,15?;;/m0../s1. The van der Waals surface area contributed by atoms with E-state index in [1.807, 2.05) is 0 Å². The summed E-state index contributed by atoms with van der Waals surface area (Å²) in [4.78, 5) is 14.5. The topological polar surface area (TPSA) is 119 Å². The third-order valence-corrected chi connectivity index (χ3v) is 3.19. The second-order valence-electron chi connectivity index (χ2n) is 3.53. The van der Waals surface area contributed by atoms with Crippen LogP contribution in [0.5, 0.6) is 0 Å². The van der Waals surface area contributed by atoms with Crippen LogP contribution in [0.2, 0.25) is 0 Å². The zero-order valence-corrected chi connectivity index (χ0v) is 12.2. The number of nitrogens with two attached hydrogens (primary N) is 2. The Bertz CT molecular complexity index is 294. The van der Waals surface area contributed by atoms with E-state index in [1.54, 1.807) is 6.92 Å². The van der Waals surface area contributed by atoms with Gasteiger partial charge in [0.05, 0.1) is 18.1 Å². The maximum Gasteiger partial charge on any atom is 0.324 e. The van der Waals surface area contributed by atoms with Crippen LogP contribution in [0.3, 0.4) is 0 Å². The molecule has 104 valence electrons. The van der Waals surface area contributed by atoms with Gasteiger partial charge in [0.25, 0.3) is 0 Å². The molecule has 0 saturated heterocycles. The van der Waals surface area contributed by atoms with Crippen LogP contribution >= 0.6 is 24.8 Å². The molecule has 0 aromatic rings. The largest absolute Gasteiger partial charge is 0.480 e. The molecule has 0 aliphatic rings. The fraction of sp³-hybridized carbons (Fsp3) is 0.750. The molecule has 6 nitrogen and oxygen atoms in total. The number of nitrogens with zero attached hydrogens (tertiary/aromatic N) is 1. The van der Waals surface area contributed by atoms with E-state index in [1.165, 1.54) is 6.92 Å². The van der Waals surface area contributed by atoms with Crippen molar-refractivity contribution in [3.05, 3.63) is 0 Å². The highest BCUT2D eigenvalue weighted by Crippen LogP contribution is 2.02. The molecule has 2 atom stereocenters. The number of rotatable bonds is 6. The molecule has 0 bridgehead atoms. The lowest BCUT2D eigenvalue weighted by Gasteiger charge is -2.17. The Hall–Kier alpha value is -0.370. The van der Waals surface area contributed by atoms with Crippen molar-refractivity contribution in [3.63, 3.8) is 0 Å². The highest BCUT2D eigenvalue weighted by atomic mass is 35.5. The Kier molecular flexibility index (Phi) is 12.4. The Morgan fingerprint density at radius 1 is 1.47 bits per heavy atom. The van der Waals surface area contributed by atoms with Gasteiger partial charge in [0.2, 0.25) is 0 Å². The zero-order valence-electron chi connectivity index (χ0n) is 9.71. The third-order valence-electron chi connectivity index (χ3n) is 1.63. The molecule has 0 aliphatic carbocycles. The molecule has 1 unspecified atom stereocenters. The average molecular weight is 308 g/mol. The summed E-state index contributed by atoms with van der Waals surface area (Å²) in [5.74, 6) is -0.550. The number of aliphatic imine (C=N–C) groups is 1. The lowest BCUT2D eigenvalue weighted by Crippen LogP contribution is -2.49. The maximum atomic E-state index is 11.4. The second kappa shape index (κ2) is 9.64. The van der Waals surface area contributed by atoms with E-state index in [0.717, 1.165) is 0 Å². The molecule has 0 spiro atoms. The smallest absolute Gasteiger partial charge is 0.324 e. The average Bonchev–Trinajstić information content (AvgIpc) is 2.01. The molecule has 9 heteroatoms. The van der Waals surface area contributed by atoms with Crippen LogP contribution in [-0.2, 0) is 15.6 Å². The summed E-state index contributed by atoms with van der Waals surface area (Å²) in [7, 11) is -1.29. The lowest BCUT2D eigenvalue weighted by atomic mass is 10.1. The van der Waals surface area contributed by atoms with E-state index in [4.69, 9.17) is 16.6 Å². The third kappa shape index (κ3) is 10.5. The number of amidine groups is 1. The van der Waals surface area contributed by atoms with Crippen molar-refractivity contribution in [2.75, 3.05) is 18.1 Å². The predicted octanol–water partition coefficient (Wildman–Crippen LogP) is -0.242. The van der Waals surface area contributed by atoms with Crippen LogP contribution < -0.4 is 11.5 Å². The number of carbonyl (C=O) groups is 1. The van der Waals surface area contributed by atoms with Crippen molar-refractivity contribution in [2.45, 2.75) is 19.4 Å². The van der Waals surface area contributed by atoms with Crippen LogP contribution in [0, 0.1) is 0 Å². The summed E-state index contributed by atoms with van der Waals surface area (Å²) < 4.78 is 11.4. The minimum atomic E-state index is -1.45. The molecular formula is C8H19Cl2N3O3S. The van der Waals surface area contributed by atoms with Gasteiger partial charge in [-0.25, -0.2) is 0 Å². The minimum Gasteiger partial charge on any atom is -0.480 e. The van der Waals surface area contributed by atoms with E-state index in [9.17, 15) is 9.00 Å². The van der Waals surface area contributed by atoms with Gasteiger partial charge in [-0.15, -0.1) is 24.8 Å². The van der Waals surface area contributed by atoms with Crippen molar-refractivity contribution in [2.24, 2.45) is 16.5 Å². The number of carboxylic acid groups (broad SMARTS) is 1. The van der Waals surface area contributed by atoms with E-state index in [2.05, 4.69) is 4.99 Å². The Morgan fingerprint density at radius 2 is 1.94 bits per heavy atom. The van der Waals surface area contributed by atoms with Crippen LogP contribution in [0.15, 0.2) is 4.99 Å². The van der Waals surface area contributed by atoms with E-state index in [-0.39, 0.29) is 36.3 Å². The van der Waals surface area contributed by atoms with E-state index in [0.29, 0.717) is 12.4 Å². The van der Waals surface area contributed by atoms with Crippen molar-refractivity contribution in [1.29, 1.82) is 0 Å². The normalized spacial score (nSPS) is 16.1. The summed E-state index contributed by atoms with van der Waals surface area (Å²) in [6, 6.07) is 0. The van der Waals surface area contributed by atoms with Crippen LogP contribution in [0.25, 0.3) is 0 Å². The van der Waals surface area contributed by atoms with Crippen molar-refractivity contribution in [1.82, 2.24) is 0 Å². The van der Waals surface area contributed by atoms with Crippen molar-refractivity contribution in [3.8, 4) is 0 Å².